The van der Waals surface area contributed by atoms with Crippen LogP contribution in [0.4, 0.5) is 0 Å². The SMILES string of the molecule is Cc1nc(CN(C)[C@@H]2CCN(Cc3ccc(Cl)s3)C2)no1. The molecular formula is C14H19ClN4OS. The van der Waals surface area contributed by atoms with Crippen LogP contribution in [0.25, 0.3) is 0 Å². The third-order valence-electron chi connectivity index (χ3n) is 3.84. The van der Waals surface area contributed by atoms with E-state index in [-0.39, 0.29) is 0 Å². The lowest BCUT2D eigenvalue weighted by molar-refractivity contribution is 0.216. The van der Waals surface area contributed by atoms with E-state index in [1.807, 2.05) is 13.0 Å². The maximum atomic E-state index is 5.99. The van der Waals surface area contributed by atoms with Crippen molar-refractivity contribution >= 4 is 22.9 Å². The summed E-state index contributed by atoms with van der Waals surface area (Å²) in [6, 6.07) is 4.63. The fourth-order valence-electron chi connectivity index (χ4n) is 2.73. The molecule has 21 heavy (non-hydrogen) atoms. The number of likely N-dealkylation sites (tertiary alicyclic amines) is 1. The number of nitrogens with zero attached hydrogens (tertiary/aromatic N) is 4. The quantitative estimate of drug-likeness (QED) is 0.845. The number of hydrogen-bond acceptors (Lipinski definition) is 6. The first-order valence-corrected chi connectivity index (χ1v) is 8.25. The molecule has 1 atom stereocenters. The van der Waals surface area contributed by atoms with Crippen molar-refractivity contribution in [3.63, 3.8) is 0 Å². The van der Waals surface area contributed by atoms with Gasteiger partial charge in [-0.1, -0.05) is 16.8 Å². The molecule has 0 amide bonds. The van der Waals surface area contributed by atoms with Crippen LogP contribution in [0.3, 0.4) is 0 Å². The molecule has 0 aromatic carbocycles. The molecule has 114 valence electrons. The Morgan fingerprint density at radius 3 is 3.05 bits per heavy atom. The molecule has 5 nitrogen and oxygen atoms in total. The van der Waals surface area contributed by atoms with E-state index in [4.69, 9.17) is 16.1 Å². The van der Waals surface area contributed by atoms with Gasteiger partial charge in [0.25, 0.3) is 0 Å². The van der Waals surface area contributed by atoms with Gasteiger partial charge in [0.05, 0.1) is 10.9 Å². The van der Waals surface area contributed by atoms with Gasteiger partial charge >= 0.3 is 0 Å². The zero-order chi connectivity index (χ0) is 14.8. The molecule has 0 aliphatic carbocycles. The van der Waals surface area contributed by atoms with E-state index in [1.165, 1.54) is 11.3 Å². The fraction of sp³-hybridized carbons (Fsp3) is 0.571. The van der Waals surface area contributed by atoms with E-state index in [9.17, 15) is 0 Å². The maximum Gasteiger partial charge on any atom is 0.223 e. The Morgan fingerprint density at radius 2 is 2.38 bits per heavy atom. The minimum absolute atomic E-state index is 0.541. The van der Waals surface area contributed by atoms with E-state index in [2.05, 4.69) is 33.1 Å². The Kier molecular flexibility index (Phi) is 4.59. The highest BCUT2D eigenvalue weighted by atomic mass is 35.5. The average Bonchev–Trinajstić information content (AvgIpc) is 3.13. The molecule has 0 N–H and O–H groups in total. The molecule has 0 radical (unpaired) electrons. The van der Waals surface area contributed by atoms with Crippen molar-refractivity contribution in [3.8, 4) is 0 Å². The number of aryl methyl sites for hydroxylation is 1. The molecular weight excluding hydrogens is 308 g/mol. The number of aromatic nitrogens is 2. The number of thiophene rings is 1. The third kappa shape index (κ3) is 3.83. The Hall–Kier alpha value is -0.950. The van der Waals surface area contributed by atoms with E-state index in [0.29, 0.717) is 11.9 Å². The molecule has 0 bridgehead atoms. The van der Waals surface area contributed by atoms with E-state index >= 15 is 0 Å². The average molecular weight is 327 g/mol. The van der Waals surface area contributed by atoms with Crippen LogP contribution in [0.5, 0.6) is 0 Å². The summed E-state index contributed by atoms with van der Waals surface area (Å²) >= 11 is 7.65. The Labute approximate surface area is 133 Å². The van der Waals surface area contributed by atoms with Gasteiger partial charge in [0.15, 0.2) is 5.82 Å². The molecule has 0 saturated carbocycles. The van der Waals surface area contributed by atoms with Crippen molar-refractivity contribution < 1.29 is 4.52 Å². The molecule has 3 heterocycles. The molecule has 2 aromatic heterocycles. The predicted octanol–water partition coefficient (Wildman–Crippen LogP) is 2.80. The zero-order valence-electron chi connectivity index (χ0n) is 12.3. The van der Waals surface area contributed by atoms with Crippen LogP contribution in [0.1, 0.15) is 23.0 Å². The lowest BCUT2D eigenvalue weighted by atomic mass is 10.2. The summed E-state index contributed by atoms with van der Waals surface area (Å²) in [5.41, 5.74) is 0. The number of hydrogen-bond donors (Lipinski definition) is 0. The lowest BCUT2D eigenvalue weighted by Crippen LogP contribution is -2.34. The van der Waals surface area contributed by atoms with Gasteiger partial charge < -0.3 is 4.52 Å². The van der Waals surface area contributed by atoms with Gasteiger partial charge in [0, 0.05) is 37.5 Å². The van der Waals surface area contributed by atoms with Crippen LogP contribution in [-0.4, -0.2) is 46.1 Å². The molecule has 2 aromatic rings. The number of halogens is 1. The van der Waals surface area contributed by atoms with Crippen molar-refractivity contribution in [2.24, 2.45) is 0 Å². The Balaban J connectivity index is 1.51. The van der Waals surface area contributed by atoms with Gasteiger partial charge in [-0.25, -0.2) is 0 Å². The van der Waals surface area contributed by atoms with Gasteiger partial charge in [-0.3, -0.25) is 9.80 Å². The van der Waals surface area contributed by atoms with Crippen LogP contribution in [0, 0.1) is 6.92 Å². The fourth-order valence-corrected chi connectivity index (χ4v) is 3.86. The van der Waals surface area contributed by atoms with Crippen LogP contribution in [-0.2, 0) is 13.1 Å². The molecule has 1 fully saturated rings. The first-order chi connectivity index (χ1) is 10.1. The zero-order valence-corrected chi connectivity index (χ0v) is 13.8. The van der Waals surface area contributed by atoms with Crippen LogP contribution >= 0.6 is 22.9 Å². The monoisotopic (exact) mass is 326 g/mol. The van der Waals surface area contributed by atoms with Crippen LogP contribution < -0.4 is 0 Å². The van der Waals surface area contributed by atoms with Crippen LogP contribution in [0.15, 0.2) is 16.7 Å². The summed E-state index contributed by atoms with van der Waals surface area (Å²) in [7, 11) is 2.13. The molecule has 0 spiro atoms. The lowest BCUT2D eigenvalue weighted by Gasteiger charge is -2.23. The molecule has 0 unspecified atom stereocenters. The van der Waals surface area contributed by atoms with Gasteiger partial charge in [0.2, 0.25) is 5.89 Å². The summed E-state index contributed by atoms with van der Waals surface area (Å²) in [4.78, 5) is 10.4. The summed E-state index contributed by atoms with van der Waals surface area (Å²) < 4.78 is 5.89. The Bertz CT molecular complexity index is 599. The second-order valence-corrected chi connectivity index (χ2v) is 7.33. The largest absolute Gasteiger partial charge is 0.340 e. The van der Waals surface area contributed by atoms with E-state index < -0.39 is 0 Å². The number of likely N-dealkylation sites (N-methyl/N-ethyl adjacent to an activating group) is 1. The molecule has 7 heteroatoms. The van der Waals surface area contributed by atoms with Crippen LogP contribution in [0.2, 0.25) is 4.34 Å². The maximum absolute atomic E-state index is 5.99. The smallest absolute Gasteiger partial charge is 0.223 e. The van der Waals surface area contributed by atoms with Gasteiger partial charge in [-0.05, 0) is 25.6 Å². The minimum atomic E-state index is 0.541. The summed E-state index contributed by atoms with van der Waals surface area (Å²) in [6.45, 7) is 5.74. The summed E-state index contributed by atoms with van der Waals surface area (Å²) in [5.74, 6) is 1.39. The summed E-state index contributed by atoms with van der Waals surface area (Å²) in [5, 5.41) is 3.96. The first kappa shape index (κ1) is 15.0. The standard InChI is InChI=1S/C14H19ClN4OS/c1-10-16-14(17-20-10)9-18(2)11-5-6-19(7-11)8-12-3-4-13(15)21-12/h3-4,11H,5-9H2,1-2H3/t11-/m1/s1. The Morgan fingerprint density at radius 1 is 1.52 bits per heavy atom. The highest BCUT2D eigenvalue weighted by Crippen LogP contribution is 2.25. The van der Waals surface area contributed by atoms with Crippen molar-refractivity contribution in [1.29, 1.82) is 0 Å². The predicted molar refractivity (Wildman–Crippen MR) is 83.5 cm³/mol. The van der Waals surface area contributed by atoms with E-state index in [0.717, 1.165) is 36.3 Å². The highest BCUT2D eigenvalue weighted by molar-refractivity contribution is 7.16. The third-order valence-corrected chi connectivity index (χ3v) is 5.06. The topological polar surface area (TPSA) is 45.4 Å². The van der Waals surface area contributed by atoms with Gasteiger partial charge in [-0.2, -0.15) is 4.98 Å². The van der Waals surface area contributed by atoms with E-state index in [1.54, 1.807) is 11.3 Å². The highest BCUT2D eigenvalue weighted by Gasteiger charge is 2.26. The van der Waals surface area contributed by atoms with Gasteiger partial charge in [0.1, 0.15) is 0 Å². The van der Waals surface area contributed by atoms with Gasteiger partial charge in [-0.15, -0.1) is 11.3 Å². The second-order valence-electron chi connectivity index (χ2n) is 5.53. The molecule has 1 saturated heterocycles. The normalized spacial score (nSPS) is 19.7. The van der Waals surface area contributed by atoms with Crippen molar-refractivity contribution in [2.75, 3.05) is 20.1 Å². The van der Waals surface area contributed by atoms with Crippen molar-refractivity contribution in [2.45, 2.75) is 32.5 Å². The minimum Gasteiger partial charge on any atom is -0.340 e. The molecule has 1 aliphatic heterocycles. The second kappa shape index (κ2) is 6.44. The molecule has 1 aliphatic rings. The van der Waals surface area contributed by atoms with Crippen molar-refractivity contribution in [1.82, 2.24) is 19.9 Å². The molecule has 3 rings (SSSR count). The first-order valence-electron chi connectivity index (χ1n) is 7.06. The number of rotatable bonds is 5. The summed E-state index contributed by atoms with van der Waals surface area (Å²) in [6.07, 6.45) is 1.17. The van der Waals surface area contributed by atoms with Crippen molar-refractivity contribution in [3.05, 3.63) is 33.1 Å².